The van der Waals surface area contributed by atoms with E-state index in [2.05, 4.69) is 23.2 Å². The molecule has 1 aromatic rings. The molecular formula is C16H24N2O2. The van der Waals surface area contributed by atoms with Crippen LogP contribution in [0.1, 0.15) is 36.5 Å². The highest BCUT2D eigenvalue weighted by Gasteiger charge is 2.21. The third-order valence-electron chi connectivity index (χ3n) is 4.00. The van der Waals surface area contributed by atoms with Crippen molar-refractivity contribution in [2.75, 3.05) is 13.1 Å². The minimum absolute atomic E-state index is 0.0332. The number of piperidine rings is 1. The Hall–Kier alpha value is -1.55. The molecule has 1 aromatic carbocycles. The van der Waals surface area contributed by atoms with E-state index in [0.29, 0.717) is 5.75 Å². The van der Waals surface area contributed by atoms with Gasteiger partial charge in [0.25, 0.3) is 0 Å². The number of aryl methyl sites for hydroxylation is 2. The summed E-state index contributed by atoms with van der Waals surface area (Å²) in [6, 6.07) is 4.13. The van der Waals surface area contributed by atoms with Gasteiger partial charge >= 0.3 is 0 Å². The number of rotatable bonds is 3. The summed E-state index contributed by atoms with van der Waals surface area (Å²) in [6.45, 7) is 8.24. The Labute approximate surface area is 120 Å². The van der Waals surface area contributed by atoms with E-state index in [9.17, 15) is 9.90 Å². The van der Waals surface area contributed by atoms with Crippen molar-refractivity contribution in [2.24, 2.45) is 0 Å². The Bertz CT molecular complexity index is 499. The van der Waals surface area contributed by atoms with Gasteiger partial charge < -0.3 is 10.4 Å². The van der Waals surface area contributed by atoms with E-state index < -0.39 is 0 Å². The van der Waals surface area contributed by atoms with Crippen molar-refractivity contribution in [3.05, 3.63) is 28.8 Å². The van der Waals surface area contributed by atoms with Crippen molar-refractivity contribution in [1.82, 2.24) is 10.2 Å². The summed E-state index contributed by atoms with van der Waals surface area (Å²) in [5, 5.41) is 13.1. The number of nitrogens with zero attached hydrogens (tertiary/aromatic N) is 1. The van der Waals surface area contributed by atoms with Gasteiger partial charge in [-0.2, -0.15) is 0 Å². The first-order valence-electron chi connectivity index (χ1n) is 7.24. The molecule has 1 heterocycles. The molecule has 0 spiro atoms. The molecule has 1 aliphatic heterocycles. The topological polar surface area (TPSA) is 52.6 Å². The zero-order chi connectivity index (χ0) is 14.7. The number of nitrogens with one attached hydrogen (secondary N) is 1. The monoisotopic (exact) mass is 276 g/mol. The molecule has 0 saturated carbocycles. The van der Waals surface area contributed by atoms with Crippen LogP contribution in [0.5, 0.6) is 5.75 Å². The largest absolute Gasteiger partial charge is 0.508 e. The quantitative estimate of drug-likeness (QED) is 0.889. The van der Waals surface area contributed by atoms with Gasteiger partial charge in [0.1, 0.15) is 5.75 Å². The standard InChI is InChI=1S/C16H24N2O2/c1-11-7-14(16(20)8-12(11)2)9-18-6-4-5-15(10-18)17-13(3)19/h7-8,15,20H,4-6,9-10H2,1-3H3,(H,17,19). The van der Waals surface area contributed by atoms with Crippen LogP contribution in [-0.2, 0) is 11.3 Å². The molecule has 0 bridgehead atoms. The second kappa shape index (κ2) is 6.27. The maximum Gasteiger partial charge on any atom is 0.217 e. The normalized spacial score (nSPS) is 19.9. The van der Waals surface area contributed by atoms with E-state index in [4.69, 9.17) is 0 Å². The van der Waals surface area contributed by atoms with E-state index in [1.54, 1.807) is 6.92 Å². The SMILES string of the molecule is CC(=O)NC1CCCN(Cc2cc(C)c(C)cc2O)C1. The lowest BCUT2D eigenvalue weighted by Gasteiger charge is -2.33. The minimum atomic E-state index is 0.0332. The number of likely N-dealkylation sites (tertiary alicyclic amines) is 1. The van der Waals surface area contributed by atoms with Gasteiger partial charge in [-0.1, -0.05) is 6.07 Å². The van der Waals surface area contributed by atoms with Crippen LogP contribution in [0.4, 0.5) is 0 Å². The Kier molecular flexibility index (Phi) is 4.65. The van der Waals surface area contributed by atoms with Crippen molar-refractivity contribution in [1.29, 1.82) is 0 Å². The first-order chi connectivity index (χ1) is 9.45. The van der Waals surface area contributed by atoms with Gasteiger partial charge in [0, 0.05) is 31.6 Å². The van der Waals surface area contributed by atoms with Gasteiger partial charge in [-0.05, 0) is 50.4 Å². The molecule has 1 amide bonds. The summed E-state index contributed by atoms with van der Waals surface area (Å²) in [7, 11) is 0. The molecule has 20 heavy (non-hydrogen) atoms. The van der Waals surface area contributed by atoms with Crippen molar-refractivity contribution >= 4 is 5.91 Å². The lowest BCUT2D eigenvalue weighted by atomic mass is 10.0. The average molecular weight is 276 g/mol. The summed E-state index contributed by atoms with van der Waals surface area (Å²) < 4.78 is 0. The van der Waals surface area contributed by atoms with E-state index >= 15 is 0 Å². The fourth-order valence-electron chi connectivity index (χ4n) is 2.83. The Morgan fingerprint density at radius 3 is 2.80 bits per heavy atom. The summed E-state index contributed by atoms with van der Waals surface area (Å²) >= 11 is 0. The lowest BCUT2D eigenvalue weighted by Crippen LogP contribution is -2.46. The van der Waals surface area contributed by atoms with Gasteiger partial charge in [0.05, 0.1) is 0 Å². The summed E-state index contributed by atoms with van der Waals surface area (Å²) in [5.41, 5.74) is 3.28. The van der Waals surface area contributed by atoms with Crippen LogP contribution in [-0.4, -0.2) is 35.0 Å². The Morgan fingerprint density at radius 2 is 2.10 bits per heavy atom. The Balaban J connectivity index is 2.02. The molecule has 1 atom stereocenters. The van der Waals surface area contributed by atoms with Gasteiger partial charge in [-0.25, -0.2) is 0 Å². The summed E-state index contributed by atoms with van der Waals surface area (Å²) in [6.07, 6.45) is 2.12. The highest BCUT2D eigenvalue weighted by molar-refractivity contribution is 5.73. The molecule has 0 aromatic heterocycles. The number of carbonyl (C=O) groups excluding carboxylic acids is 1. The molecule has 1 unspecified atom stereocenters. The van der Waals surface area contributed by atoms with Crippen LogP contribution in [0.25, 0.3) is 0 Å². The van der Waals surface area contributed by atoms with Crippen molar-refractivity contribution < 1.29 is 9.90 Å². The number of phenolic OH excluding ortho intramolecular Hbond substituents is 1. The van der Waals surface area contributed by atoms with Crippen molar-refractivity contribution in [3.8, 4) is 5.75 Å². The van der Waals surface area contributed by atoms with Crippen LogP contribution in [0.15, 0.2) is 12.1 Å². The van der Waals surface area contributed by atoms with Crippen LogP contribution in [0.2, 0.25) is 0 Å². The van der Waals surface area contributed by atoms with E-state index in [-0.39, 0.29) is 11.9 Å². The zero-order valence-corrected chi connectivity index (χ0v) is 12.6. The number of phenols is 1. The third-order valence-corrected chi connectivity index (χ3v) is 4.00. The molecule has 110 valence electrons. The maximum absolute atomic E-state index is 11.1. The van der Waals surface area contributed by atoms with Gasteiger partial charge in [0.2, 0.25) is 5.91 Å². The van der Waals surface area contributed by atoms with Crippen LogP contribution in [0.3, 0.4) is 0 Å². The summed E-state index contributed by atoms with van der Waals surface area (Å²) in [5.74, 6) is 0.403. The van der Waals surface area contributed by atoms with E-state index in [1.807, 2.05) is 13.0 Å². The predicted molar refractivity (Wildman–Crippen MR) is 79.7 cm³/mol. The van der Waals surface area contributed by atoms with Crippen LogP contribution in [0, 0.1) is 13.8 Å². The second-order valence-electron chi connectivity index (χ2n) is 5.84. The molecule has 4 nitrogen and oxygen atoms in total. The van der Waals surface area contributed by atoms with Crippen molar-refractivity contribution in [2.45, 2.75) is 46.2 Å². The first-order valence-corrected chi connectivity index (χ1v) is 7.24. The number of carbonyl (C=O) groups is 1. The number of amides is 1. The molecule has 0 aliphatic carbocycles. The fraction of sp³-hybridized carbons (Fsp3) is 0.562. The third kappa shape index (κ3) is 3.73. The molecule has 1 fully saturated rings. The molecule has 1 aliphatic rings. The first kappa shape index (κ1) is 14.9. The molecule has 2 rings (SSSR count). The van der Waals surface area contributed by atoms with E-state index in [1.165, 1.54) is 5.56 Å². The minimum Gasteiger partial charge on any atom is -0.508 e. The number of benzene rings is 1. The molecular weight excluding hydrogens is 252 g/mol. The Morgan fingerprint density at radius 1 is 1.40 bits per heavy atom. The van der Waals surface area contributed by atoms with Crippen LogP contribution < -0.4 is 5.32 Å². The van der Waals surface area contributed by atoms with Gasteiger partial charge in [-0.15, -0.1) is 0 Å². The maximum atomic E-state index is 11.1. The molecule has 2 N–H and O–H groups in total. The average Bonchev–Trinajstić information content (AvgIpc) is 2.35. The lowest BCUT2D eigenvalue weighted by molar-refractivity contribution is -0.120. The van der Waals surface area contributed by atoms with Gasteiger partial charge in [0.15, 0.2) is 0 Å². The second-order valence-corrected chi connectivity index (χ2v) is 5.84. The highest BCUT2D eigenvalue weighted by Crippen LogP contribution is 2.24. The number of aromatic hydroxyl groups is 1. The molecule has 1 saturated heterocycles. The molecule has 4 heteroatoms. The zero-order valence-electron chi connectivity index (χ0n) is 12.6. The number of hydrogen-bond acceptors (Lipinski definition) is 3. The predicted octanol–water partition coefficient (Wildman–Crippen LogP) is 2.11. The smallest absolute Gasteiger partial charge is 0.217 e. The van der Waals surface area contributed by atoms with Gasteiger partial charge in [-0.3, -0.25) is 9.69 Å². The summed E-state index contributed by atoms with van der Waals surface area (Å²) in [4.78, 5) is 13.4. The number of hydrogen-bond donors (Lipinski definition) is 2. The van der Waals surface area contributed by atoms with Crippen LogP contribution >= 0.6 is 0 Å². The highest BCUT2D eigenvalue weighted by atomic mass is 16.3. The fourth-order valence-corrected chi connectivity index (χ4v) is 2.83. The molecule has 0 radical (unpaired) electrons. The van der Waals surface area contributed by atoms with Crippen molar-refractivity contribution in [3.63, 3.8) is 0 Å². The van der Waals surface area contributed by atoms with E-state index in [0.717, 1.165) is 43.6 Å².